The second-order valence-corrected chi connectivity index (χ2v) is 12.3. The van der Waals surface area contributed by atoms with Crippen molar-refractivity contribution in [1.29, 1.82) is 0 Å². The predicted octanol–water partition coefficient (Wildman–Crippen LogP) is 6.57. The summed E-state index contributed by atoms with van der Waals surface area (Å²) in [5, 5.41) is 0. The van der Waals surface area contributed by atoms with Crippen molar-refractivity contribution in [2.24, 2.45) is 7.05 Å². The molecule has 0 bridgehead atoms. The molecule has 248 valence electrons. The van der Waals surface area contributed by atoms with Crippen LogP contribution in [-0.4, -0.2) is 48.2 Å². The summed E-state index contributed by atoms with van der Waals surface area (Å²) in [4.78, 5) is 3.25. The van der Waals surface area contributed by atoms with E-state index in [-0.39, 0.29) is 18.9 Å². The molecule has 45 heavy (non-hydrogen) atoms. The average Bonchev–Trinajstić information content (AvgIpc) is 3.43. The Hall–Kier alpha value is -3.66. The van der Waals surface area contributed by atoms with Crippen LogP contribution in [0.3, 0.4) is 0 Å². The number of rotatable bonds is 4. The number of alkyl halides is 8. The Labute approximate surface area is 255 Å². The van der Waals surface area contributed by atoms with Crippen molar-refractivity contribution in [3.8, 4) is 0 Å². The average molecular weight is 669 g/mol. The second kappa shape index (κ2) is 12.3. The van der Waals surface area contributed by atoms with Crippen LogP contribution in [0.4, 0.5) is 46.5 Å². The number of nitrogens with zero attached hydrogens (tertiary/aromatic N) is 4. The standard InChI is InChI=1S/C28H32F5N4.CHF3O3S/c1-17-12-19(3)23(20(4)13-17)36-10-11-37(24-21(5)14-18(2)15-22(24)6)26(36)25(27(29,30)28(31,32)33)35-9-8-34(7)16-35;2-1(3,4)8(5,6)7/h8-9,12-16H,10-11H2,1-7H3;(H,5,6,7)/q+1;/p-1. The first-order valence-corrected chi connectivity index (χ1v) is 14.7. The van der Waals surface area contributed by atoms with Crippen molar-refractivity contribution >= 4 is 27.2 Å². The molecule has 0 saturated carbocycles. The van der Waals surface area contributed by atoms with Crippen molar-refractivity contribution in [3.05, 3.63) is 82.2 Å². The van der Waals surface area contributed by atoms with E-state index in [0.717, 1.165) is 37.9 Å². The molecule has 1 saturated heterocycles. The monoisotopic (exact) mass is 668 g/mol. The van der Waals surface area contributed by atoms with Gasteiger partial charge in [-0.2, -0.15) is 39.7 Å². The molecule has 7 nitrogen and oxygen atoms in total. The van der Waals surface area contributed by atoms with Crippen LogP contribution in [0.15, 0.2) is 48.8 Å². The van der Waals surface area contributed by atoms with Gasteiger partial charge in [0.1, 0.15) is 12.4 Å². The third-order valence-electron chi connectivity index (χ3n) is 7.05. The topological polar surface area (TPSA) is 72.5 Å². The highest BCUT2D eigenvalue weighted by Gasteiger charge is 2.65. The summed E-state index contributed by atoms with van der Waals surface area (Å²) in [6.07, 6.45) is -1.88. The van der Waals surface area contributed by atoms with Gasteiger partial charge in [0.15, 0.2) is 15.9 Å². The zero-order valence-electron chi connectivity index (χ0n) is 25.4. The third kappa shape index (κ3) is 7.27. The van der Waals surface area contributed by atoms with Gasteiger partial charge in [-0.05, 0) is 63.8 Å². The molecule has 0 spiro atoms. The van der Waals surface area contributed by atoms with Crippen molar-refractivity contribution in [2.45, 2.75) is 59.1 Å². The van der Waals surface area contributed by atoms with Crippen LogP contribution in [0.25, 0.3) is 5.70 Å². The van der Waals surface area contributed by atoms with Crippen molar-refractivity contribution in [3.63, 3.8) is 0 Å². The van der Waals surface area contributed by atoms with E-state index in [1.54, 1.807) is 16.8 Å². The molecule has 1 fully saturated rings. The zero-order chi connectivity index (χ0) is 34.4. The van der Waals surface area contributed by atoms with Crippen molar-refractivity contribution < 1.29 is 52.7 Å². The van der Waals surface area contributed by atoms with E-state index < -0.39 is 33.4 Å². The summed E-state index contributed by atoms with van der Waals surface area (Å²) >= 11 is 0. The van der Waals surface area contributed by atoms with Gasteiger partial charge in [0, 0.05) is 24.5 Å². The molecule has 0 aliphatic carbocycles. The molecule has 1 aromatic heterocycles. The zero-order valence-corrected chi connectivity index (χ0v) is 26.2. The van der Waals surface area contributed by atoms with Crippen LogP contribution in [0.2, 0.25) is 0 Å². The lowest BCUT2D eigenvalue weighted by Gasteiger charge is -2.32. The first kappa shape index (κ1) is 35.8. The van der Waals surface area contributed by atoms with Gasteiger partial charge < -0.3 is 14.4 Å². The number of aromatic nitrogens is 2. The molecule has 0 radical (unpaired) electrons. The summed E-state index contributed by atoms with van der Waals surface area (Å²) in [7, 11) is -4.51. The highest BCUT2D eigenvalue weighted by molar-refractivity contribution is 7.86. The minimum absolute atomic E-state index is 0.177. The number of hydrogen-bond donors (Lipinski definition) is 0. The normalized spacial score (nSPS) is 14.5. The van der Waals surface area contributed by atoms with Crippen LogP contribution in [-0.2, 0) is 17.2 Å². The maximum Gasteiger partial charge on any atom is 0.485 e. The maximum atomic E-state index is 15.6. The van der Waals surface area contributed by atoms with Crippen LogP contribution in [0, 0.1) is 41.5 Å². The van der Waals surface area contributed by atoms with E-state index in [9.17, 15) is 26.3 Å². The first-order chi connectivity index (χ1) is 20.4. The number of benzene rings is 2. The van der Waals surface area contributed by atoms with Crippen molar-refractivity contribution in [1.82, 2.24) is 4.57 Å². The van der Waals surface area contributed by atoms with Crippen LogP contribution < -0.4 is 14.4 Å². The molecule has 0 N–H and O–H groups in total. The van der Waals surface area contributed by atoms with Gasteiger partial charge in [-0.3, -0.25) is 0 Å². The van der Waals surface area contributed by atoms with Gasteiger partial charge in [0.05, 0.1) is 7.05 Å². The number of halogens is 8. The maximum absolute atomic E-state index is 15.6. The lowest BCUT2D eigenvalue weighted by Crippen LogP contribution is -2.43. The molecule has 2 heterocycles. The Morgan fingerprint density at radius 2 is 1.11 bits per heavy atom. The molecule has 0 atom stereocenters. The van der Waals surface area contributed by atoms with E-state index in [2.05, 4.69) is 0 Å². The molecular weight excluding hydrogens is 636 g/mol. The lowest BCUT2D eigenvalue weighted by atomic mass is 10.0. The van der Waals surface area contributed by atoms with Crippen LogP contribution >= 0.6 is 0 Å². The number of allylic oxidation sites excluding steroid dienone is 1. The SMILES string of the molecule is Cc1cc(C)c(N2CCN(c3c(C)cc(C)cc3C)C2=C(n2cc[n+](C)c2)C(F)(F)C(F)(F)F)c(C)c1.O=S(=O)([O-])C(F)(F)F. The van der Waals surface area contributed by atoms with Gasteiger partial charge in [0.2, 0.25) is 12.0 Å². The number of anilines is 2. The quantitative estimate of drug-likeness (QED) is 0.136. The highest BCUT2D eigenvalue weighted by atomic mass is 32.2. The van der Waals surface area contributed by atoms with Crippen molar-refractivity contribution in [2.75, 3.05) is 22.9 Å². The molecule has 0 unspecified atom stereocenters. The Balaban J connectivity index is 0.000000610. The molecular formula is C29H32F8N4O3S. The summed E-state index contributed by atoms with van der Waals surface area (Å²) in [5.74, 6) is -5.31. The first-order valence-electron chi connectivity index (χ1n) is 13.3. The minimum Gasteiger partial charge on any atom is -0.741 e. The summed E-state index contributed by atoms with van der Waals surface area (Å²) < 4.78 is 135. The fourth-order valence-electron chi connectivity index (χ4n) is 5.58. The Morgan fingerprint density at radius 3 is 1.38 bits per heavy atom. The predicted molar refractivity (Wildman–Crippen MR) is 152 cm³/mol. The number of aryl methyl sites for hydroxylation is 7. The molecule has 16 heteroatoms. The van der Waals surface area contributed by atoms with Gasteiger partial charge in [-0.1, -0.05) is 35.4 Å². The smallest absolute Gasteiger partial charge is 0.485 e. The van der Waals surface area contributed by atoms with Gasteiger partial charge in [0.25, 0.3) is 0 Å². The number of imidazole rings is 1. The molecule has 1 aliphatic heterocycles. The van der Waals surface area contributed by atoms with Crippen LogP contribution in [0.5, 0.6) is 0 Å². The van der Waals surface area contributed by atoms with E-state index in [0.29, 0.717) is 11.4 Å². The molecule has 1 aliphatic rings. The Morgan fingerprint density at radius 1 is 0.756 bits per heavy atom. The summed E-state index contributed by atoms with van der Waals surface area (Å²) in [5.41, 5.74) is -0.292. The third-order valence-corrected chi connectivity index (χ3v) is 7.61. The molecule has 2 aromatic carbocycles. The second-order valence-electron chi connectivity index (χ2n) is 10.9. The van der Waals surface area contributed by atoms with Crippen LogP contribution in [0.1, 0.15) is 33.4 Å². The Bertz CT molecular complexity index is 1610. The largest absolute Gasteiger partial charge is 0.741 e. The number of hydrogen-bond acceptors (Lipinski definition) is 5. The van der Waals surface area contributed by atoms with E-state index in [1.165, 1.54) is 23.3 Å². The van der Waals surface area contributed by atoms with E-state index >= 15 is 8.78 Å². The fourth-order valence-corrected chi connectivity index (χ4v) is 5.58. The molecule has 0 amide bonds. The van der Waals surface area contributed by atoms with E-state index in [4.69, 9.17) is 13.0 Å². The fraction of sp³-hybridized carbons (Fsp3) is 0.414. The van der Waals surface area contributed by atoms with Gasteiger partial charge in [-0.25, -0.2) is 13.0 Å². The lowest BCUT2D eigenvalue weighted by molar-refractivity contribution is -0.670. The van der Waals surface area contributed by atoms with Gasteiger partial charge >= 0.3 is 17.6 Å². The molecule has 3 aromatic rings. The summed E-state index contributed by atoms with van der Waals surface area (Å²) in [6, 6.07) is 7.68. The van der Waals surface area contributed by atoms with E-state index in [1.807, 2.05) is 65.8 Å². The minimum atomic E-state index is -6.09. The summed E-state index contributed by atoms with van der Waals surface area (Å²) in [6.45, 7) is 11.8. The molecule has 4 rings (SSSR count). The van der Waals surface area contributed by atoms with Gasteiger partial charge in [-0.15, -0.1) is 0 Å². The highest BCUT2D eigenvalue weighted by Crippen LogP contribution is 2.48. The Kier molecular flexibility index (Phi) is 9.76.